The third-order valence-corrected chi connectivity index (χ3v) is 1.41. The maximum absolute atomic E-state index is 9.12. The zero-order valence-corrected chi connectivity index (χ0v) is 6.43. The zero-order valence-electron chi connectivity index (χ0n) is 5.61. The Balaban J connectivity index is 0.000000605. The summed E-state index contributed by atoms with van der Waals surface area (Å²) in [6.07, 6.45) is 3.17. The van der Waals surface area contributed by atoms with Crippen LogP contribution in [0.25, 0.3) is 11.0 Å². The highest BCUT2D eigenvalue weighted by Gasteiger charge is 1.98. The largest absolute Gasteiger partial charge is 0.504 e. The SMILES string of the molecule is Cl.Oc1c[nH]c2cccnc12. The number of nitrogens with one attached hydrogen (secondary N) is 1. The van der Waals surface area contributed by atoms with Gasteiger partial charge >= 0.3 is 0 Å². The molecule has 0 saturated carbocycles. The fraction of sp³-hybridized carbons (Fsp3) is 0. The molecular weight excluding hydrogens is 164 g/mol. The smallest absolute Gasteiger partial charge is 0.159 e. The first kappa shape index (κ1) is 7.88. The number of fused-ring (bicyclic) bond motifs is 1. The Labute approximate surface area is 69.5 Å². The van der Waals surface area contributed by atoms with Crippen molar-refractivity contribution in [1.82, 2.24) is 9.97 Å². The standard InChI is InChI=1S/C7H6N2O.ClH/c10-6-4-9-5-2-1-3-8-7(5)6;/h1-4,9-10H;1H. The van der Waals surface area contributed by atoms with E-state index in [0.717, 1.165) is 5.52 Å². The topological polar surface area (TPSA) is 48.9 Å². The Morgan fingerprint density at radius 2 is 2.27 bits per heavy atom. The molecule has 2 rings (SSSR count). The lowest BCUT2D eigenvalue weighted by Crippen LogP contribution is -1.70. The van der Waals surface area contributed by atoms with Crippen molar-refractivity contribution in [2.75, 3.05) is 0 Å². The van der Waals surface area contributed by atoms with Gasteiger partial charge in [0, 0.05) is 12.4 Å². The van der Waals surface area contributed by atoms with Gasteiger partial charge in [-0.15, -0.1) is 12.4 Å². The average Bonchev–Trinajstić information content (AvgIpc) is 2.34. The molecule has 0 unspecified atom stereocenters. The van der Waals surface area contributed by atoms with Crippen LogP contribution in [0.3, 0.4) is 0 Å². The third kappa shape index (κ3) is 1.14. The highest BCUT2D eigenvalue weighted by Crippen LogP contribution is 2.19. The van der Waals surface area contributed by atoms with Crippen LogP contribution >= 0.6 is 12.4 Å². The Bertz CT molecular complexity index is 358. The molecule has 0 amide bonds. The molecule has 0 aliphatic carbocycles. The van der Waals surface area contributed by atoms with Crippen molar-refractivity contribution in [3.05, 3.63) is 24.5 Å². The summed E-state index contributed by atoms with van der Waals surface area (Å²) in [5.41, 5.74) is 1.49. The Morgan fingerprint density at radius 3 is 3.00 bits per heavy atom. The van der Waals surface area contributed by atoms with Gasteiger partial charge in [-0.2, -0.15) is 0 Å². The molecule has 2 N–H and O–H groups in total. The van der Waals surface area contributed by atoms with Gasteiger partial charge < -0.3 is 10.1 Å². The van der Waals surface area contributed by atoms with Crippen molar-refractivity contribution < 1.29 is 5.11 Å². The van der Waals surface area contributed by atoms with Crippen LogP contribution in [0, 0.1) is 0 Å². The van der Waals surface area contributed by atoms with E-state index in [1.54, 1.807) is 6.20 Å². The first-order valence-electron chi connectivity index (χ1n) is 2.99. The van der Waals surface area contributed by atoms with Crippen molar-refractivity contribution in [2.45, 2.75) is 0 Å². The van der Waals surface area contributed by atoms with Crippen molar-refractivity contribution in [2.24, 2.45) is 0 Å². The molecule has 2 aromatic rings. The van der Waals surface area contributed by atoms with E-state index in [9.17, 15) is 0 Å². The summed E-state index contributed by atoms with van der Waals surface area (Å²) in [6.45, 7) is 0. The average molecular weight is 171 g/mol. The van der Waals surface area contributed by atoms with Crippen molar-refractivity contribution in [3.63, 3.8) is 0 Å². The molecular formula is C7H7ClN2O. The van der Waals surface area contributed by atoms with Gasteiger partial charge in [0.2, 0.25) is 0 Å². The van der Waals surface area contributed by atoms with Crippen LogP contribution in [0.1, 0.15) is 0 Å². The summed E-state index contributed by atoms with van der Waals surface area (Å²) in [7, 11) is 0. The fourth-order valence-electron chi connectivity index (χ4n) is 0.940. The predicted molar refractivity (Wildman–Crippen MR) is 45.0 cm³/mol. The van der Waals surface area contributed by atoms with Gasteiger partial charge in [-0.1, -0.05) is 0 Å². The van der Waals surface area contributed by atoms with Crippen LogP contribution in [0.2, 0.25) is 0 Å². The molecule has 0 radical (unpaired) electrons. The van der Waals surface area contributed by atoms with E-state index in [1.165, 1.54) is 6.20 Å². The monoisotopic (exact) mass is 170 g/mol. The molecule has 0 spiro atoms. The molecule has 2 aromatic heterocycles. The second kappa shape index (κ2) is 2.80. The lowest BCUT2D eigenvalue weighted by atomic mass is 10.4. The normalized spacial score (nSPS) is 9.45. The minimum Gasteiger partial charge on any atom is -0.504 e. The fourth-order valence-corrected chi connectivity index (χ4v) is 0.940. The number of H-pyrrole nitrogens is 1. The second-order valence-electron chi connectivity index (χ2n) is 2.07. The Morgan fingerprint density at radius 1 is 1.45 bits per heavy atom. The van der Waals surface area contributed by atoms with Gasteiger partial charge in [-0.05, 0) is 12.1 Å². The van der Waals surface area contributed by atoms with Crippen molar-refractivity contribution >= 4 is 23.4 Å². The van der Waals surface area contributed by atoms with Crippen LogP contribution in [0.5, 0.6) is 5.75 Å². The van der Waals surface area contributed by atoms with Gasteiger partial charge in [0.1, 0.15) is 5.52 Å². The number of aromatic nitrogens is 2. The van der Waals surface area contributed by atoms with Crippen molar-refractivity contribution in [1.29, 1.82) is 0 Å². The number of halogens is 1. The summed E-state index contributed by atoms with van der Waals surface area (Å²) in [6, 6.07) is 3.68. The lowest BCUT2D eigenvalue weighted by Gasteiger charge is -1.85. The van der Waals surface area contributed by atoms with Crippen LogP contribution in [-0.2, 0) is 0 Å². The number of aromatic amines is 1. The van der Waals surface area contributed by atoms with E-state index in [2.05, 4.69) is 9.97 Å². The lowest BCUT2D eigenvalue weighted by molar-refractivity contribution is 0.480. The summed E-state index contributed by atoms with van der Waals surface area (Å²) in [5.74, 6) is 0.204. The summed E-state index contributed by atoms with van der Waals surface area (Å²) < 4.78 is 0. The molecule has 58 valence electrons. The predicted octanol–water partition coefficient (Wildman–Crippen LogP) is 1.69. The minimum atomic E-state index is 0. The minimum absolute atomic E-state index is 0. The number of hydrogen-bond acceptors (Lipinski definition) is 2. The first-order valence-corrected chi connectivity index (χ1v) is 2.99. The van der Waals surface area contributed by atoms with E-state index in [-0.39, 0.29) is 18.2 Å². The molecule has 0 fully saturated rings. The number of aromatic hydroxyl groups is 1. The molecule has 0 saturated heterocycles. The summed E-state index contributed by atoms with van der Waals surface area (Å²) in [4.78, 5) is 6.83. The number of hydrogen-bond donors (Lipinski definition) is 2. The number of nitrogens with zero attached hydrogens (tertiary/aromatic N) is 1. The molecule has 0 bridgehead atoms. The van der Waals surface area contributed by atoms with E-state index < -0.39 is 0 Å². The molecule has 0 aliphatic heterocycles. The second-order valence-corrected chi connectivity index (χ2v) is 2.07. The van der Waals surface area contributed by atoms with Crippen LogP contribution in [0.4, 0.5) is 0 Å². The molecule has 0 aliphatic rings. The molecule has 3 nitrogen and oxygen atoms in total. The van der Waals surface area contributed by atoms with Gasteiger partial charge in [0.15, 0.2) is 5.75 Å². The molecule has 11 heavy (non-hydrogen) atoms. The highest BCUT2D eigenvalue weighted by molar-refractivity contribution is 5.85. The van der Waals surface area contributed by atoms with Gasteiger partial charge in [0.05, 0.1) is 5.52 Å². The summed E-state index contributed by atoms with van der Waals surface area (Å²) in [5, 5.41) is 9.12. The van der Waals surface area contributed by atoms with Gasteiger partial charge in [-0.25, -0.2) is 0 Å². The Hall–Kier alpha value is -1.22. The summed E-state index contributed by atoms with van der Waals surface area (Å²) >= 11 is 0. The van der Waals surface area contributed by atoms with Crippen LogP contribution < -0.4 is 0 Å². The number of pyridine rings is 1. The maximum atomic E-state index is 9.12. The van der Waals surface area contributed by atoms with E-state index in [0.29, 0.717) is 5.52 Å². The molecule has 0 atom stereocenters. The zero-order chi connectivity index (χ0) is 6.97. The third-order valence-electron chi connectivity index (χ3n) is 1.41. The quantitative estimate of drug-likeness (QED) is 0.632. The van der Waals surface area contributed by atoms with Gasteiger partial charge in [-0.3, -0.25) is 4.98 Å². The highest BCUT2D eigenvalue weighted by atomic mass is 35.5. The van der Waals surface area contributed by atoms with Crippen LogP contribution in [0.15, 0.2) is 24.5 Å². The van der Waals surface area contributed by atoms with Gasteiger partial charge in [0.25, 0.3) is 0 Å². The maximum Gasteiger partial charge on any atom is 0.159 e. The molecule has 4 heteroatoms. The van der Waals surface area contributed by atoms with E-state index >= 15 is 0 Å². The first-order chi connectivity index (χ1) is 4.88. The van der Waals surface area contributed by atoms with Crippen LogP contribution in [-0.4, -0.2) is 15.1 Å². The van der Waals surface area contributed by atoms with E-state index in [1.807, 2.05) is 12.1 Å². The number of rotatable bonds is 0. The Kier molecular flexibility index (Phi) is 2.01. The van der Waals surface area contributed by atoms with Crippen molar-refractivity contribution in [3.8, 4) is 5.75 Å². The van der Waals surface area contributed by atoms with E-state index in [4.69, 9.17) is 5.11 Å². The molecule has 0 aromatic carbocycles. The molecule has 2 heterocycles.